The molecule has 0 radical (unpaired) electrons. The zero-order valence-electron chi connectivity index (χ0n) is 16.4. The van der Waals surface area contributed by atoms with Crippen molar-refractivity contribution in [3.63, 3.8) is 0 Å². The average Bonchev–Trinajstić information content (AvgIpc) is 3.14. The van der Waals surface area contributed by atoms with E-state index in [1.165, 1.54) is 5.56 Å². The number of hydrogen-bond donors (Lipinski definition) is 0. The van der Waals surface area contributed by atoms with Gasteiger partial charge < -0.3 is 9.25 Å². The van der Waals surface area contributed by atoms with Crippen LogP contribution in [0, 0.1) is 20.8 Å². The number of furan rings is 1. The van der Waals surface area contributed by atoms with E-state index in [2.05, 4.69) is 38.1 Å². The summed E-state index contributed by atoms with van der Waals surface area (Å²) in [5.74, 6) is 2.07. The molecule has 0 atom stereocenters. The minimum atomic E-state index is 0.660. The van der Waals surface area contributed by atoms with E-state index >= 15 is 0 Å². The molecule has 1 heterocycles. The van der Waals surface area contributed by atoms with Crippen LogP contribution in [-0.4, -0.2) is 11.4 Å². The van der Waals surface area contributed by atoms with Crippen molar-refractivity contribution >= 4 is 17.1 Å². The smallest absolute Gasteiger partial charge is 0.157 e. The monoisotopic (exact) mass is 360 g/mol. The van der Waals surface area contributed by atoms with Crippen LogP contribution in [-0.2, 0) is 0 Å². The molecule has 0 amide bonds. The van der Waals surface area contributed by atoms with Crippen LogP contribution in [0.5, 0.6) is 5.75 Å². The number of oxime groups is 1. The fourth-order valence-electron chi connectivity index (χ4n) is 2.95. The highest BCUT2D eigenvalue weighted by Gasteiger charge is 2.10. The van der Waals surface area contributed by atoms with Crippen LogP contribution in [0.25, 0.3) is 0 Å². The molecule has 0 spiro atoms. The maximum absolute atomic E-state index is 5.93. The van der Waals surface area contributed by atoms with Crippen molar-refractivity contribution in [1.29, 1.82) is 0 Å². The Balaban J connectivity index is 1.81. The van der Waals surface area contributed by atoms with Crippen molar-refractivity contribution in [3.05, 3.63) is 82.8 Å². The van der Waals surface area contributed by atoms with Crippen molar-refractivity contribution < 1.29 is 9.25 Å². The van der Waals surface area contributed by atoms with Gasteiger partial charge in [-0.15, -0.1) is 0 Å². The zero-order valence-corrected chi connectivity index (χ0v) is 16.4. The summed E-state index contributed by atoms with van der Waals surface area (Å²) in [7, 11) is 0. The second-order valence-corrected chi connectivity index (χ2v) is 6.69. The van der Waals surface area contributed by atoms with E-state index in [1.54, 1.807) is 0 Å². The number of nitrogens with zero attached hydrogens (tertiary/aromatic N) is 2. The van der Waals surface area contributed by atoms with Gasteiger partial charge in [0.25, 0.3) is 0 Å². The summed E-state index contributed by atoms with van der Waals surface area (Å²) in [6.45, 7) is 10.1. The quantitative estimate of drug-likeness (QED) is 0.405. The Bertz CT molecular complexity index is 975. The molecule has 1 aromatic heterocycles. The Labute approximate surface area is 160 Å². The Kier molecular flexibility index (Phi) is 5.55. The summed E-state index contributed by atoms with van der Waals surface area (Å²) in [5.41, 5.74) is 6.05. The predicted molar refractivity (Wildman–Crippen MR) is 111 cm³/mol. The van der Waals surface area contributed by atoms with E-state index in [-0.39, 0.29) is 0 Å². The molecule has 3 rings (SSSR count). The number of benzene rings is 2. The SMILES string of the molecule is CC(=Nc1c(C)cc(C)cc1C)c1ccc(/C(C)=N/Oc2ccccc2)o1. The maximum atomic E-state index is 5.93. The van der Waals surface area contributed by atoms with E-state index < -0.39 is 0 Å². The summed E-state index contributed by atoms with van der Waals surface area (Å²) in [6, 6.07) is 17.5. The van der Waals surface area contributed by atoms with E-state index in [1.807, 2.05) is 56.3 Å². The molecular weight excluding hydrogens is 336 g/mol. The fraction of sp³-hybridized carbons (Fsp3) is 0.217. The minimum Gasteiger partial charge on any atom is -0.453 e. The highest BCUT2D eigenvalue weighted by Crippen LogP contribution is 2.26. The molecule has 138 valence electrons. The minimum absolute atomic E-state index is 0.660. The van der Waals surface area contributed by atoms with Gasteiger partial charge in [-0.2, -0.15) is 0 Å². The number of rotatable bonds is 5. The molecule has 0 bridgehead atoms. The lowest BCUT2D eigenvalue weighted by Crippen LogP contribution is -1.97. The summed E-state index contributed by atoms with van der Waals surface area (Å²) < 4.78 is 5.93. The number of para-hydroxylation sites is 1. The number of aliphatic imine (C=N–C) groups is 1. The van der Waals surface area contributed by atoms with Gasteiger partial charge in [0.05, 0.1) is 11.4 Å². The van der Waals surface area contributed by atoms with Crippen LogP contribution in [0.3, 0.4) is 0 Å². The molecule has 0 aliphatic rings. The lowest BCUT2D eigenvalue weighted by molar-refractivity contribution is 0.340. The topological polar surface area (TPSA) is 47.1 Å². The Morgan fingerprint density at radius 1 is 0.815 bits per heavy atom. The summed E-state index contributed by atoms with van der Waals surface area (Å²) in [4.78, 5) is 10.2. The van der Waals surface area contributed by atoms with Crippen molar-refractivity contribution in [2.75, 3.05) is 0 Å². The second-order valence-electron chi connectivity index (χ2n) is 6.69. The molecule has 2 aromatic carbocycles. The van der Waals surface area contributed by atoms with Gasteiger partial charge in [-0.3, -0.25) is 0 Å². The van der Waals surface area contributed by atoms with Crippen LogP contribution in [0.4, 0.5) is 5.69 Å². The van der Waals surface area contributed by atoms with E-state index in [4.69, 9.17) is 14.2 Å². The summed E-state index contributed by atoms with van der Waals surface area (Å²) >= 11 is 0. The van der Waals surface area contributed by atoms with E-state index in [0.717, 1.165) is 28.3 Å². The zero-order chi connectivity index (χ0) is 19.4. The third kappa shape index (κ3) is 4.53. The molecule has 4 nitrogen and oxygen atoms in total. The van der Waals surface area contributed by atoms with Crippen molar-refractivity contribution in [2.24, 2.45) is 10.1 Å². The second kappa shape index (κ2) is 8.04. The highest BCUT2D eigenvalue weighted by atomic mass is 16.6. The van der Waals surface area contributed by atoms with Crippen molar-refractivity contribution in [1.82, 2.24) is 0 Å². The molecule has 0 saturated heterocycles. The third-order valence-electron chi connectivity index (χ3n) is 4.27. The summed E-state index contributed by atoms with van der Waals surface area (Å²) in [6.07, 6.45) is 0. The van der Waals surface area contributed by atoms with Gasteiger partial charge in [-0.05, 0) is 70.0 Å². The van der Waals surface area contributed by atoms with Crippen molar-refractivity contribution in [2.45, 2.75) is 34.6 Å². The van der Waals surface area contributed by atoms with E-state index in [0.29, 0.717) is 17.2 Å². The Hall–Kier alpha value is -3.14. The first-order valence-electron chi connectivity index (χ1n) is 8.94. The van der Waals surface area contributed by atoms with Gasteiger partial charge in [-0.25, -0.2) is 4.99 Å². The Morgan fingerprint density at radius 3 is 2.04 bits per heavy atom. The average molecular weight is 360 g/mol. The molecule has 0 unspecified atom stereocenters. The van der Waals surface area contributed by atoms with Gasteiger partial charge >= 0.3 is 0 Å². The maximum Gasteiger partial charge on any atom is 0.157 e. The normalized spacial score (nSPS) is 12.3. The van der Waals surface area contributed by atoms with Gasteiger partial charge in [0.1, 0.15) is 11.5 Å². The van der Waals surface area contributed by atoms with Crippen LogP contribution in [0.1, 0.15) is 42.1 Å². The predicted octanol–water partition coefficient (Wildman–Crippen LogP) is 6.15. The fourth-order valence-corrected chi connectivity index (χ4v) is 2.95. The third-order valence-corrected chi connectivity index (χ3v) is 4.27. The first kappa shape index (κ1) is 18.6. The molecule has 0 aliphatic carbocycles. The van der Waals surface area contributed by atoms with Gasteiger partial charge in [0, 0.05) is 0 Å². The number of aryl methyl sites for hydroxylation is 3. The molecule has 0 saturated carbocycles. The molecule has 27 heavy (non-hydrogen) atoms. The first-order chi connectivity index (χ1) is 12.9. The first-order valence-corrected chi connectivity index (χ1v) is 8.94. The van der Waals surface area contributed by atoms with Gasteiger partial charge in [0.15, 0.2) is 11.5 Å². The highest BCUT2D eigenvalue weighted by molar-refractivity contribution is 6.01. The Morgan fingerprint density at radius 2 is 1.41 bits per heavy atom. The van der Waals surface area contributed by atoms with E-state index in [9.17, 15) is 0 Å². The lowest BCUT2D eigenvalue weighted by atomic mass is 10.1. The molecule has 0 fully saturated rings. The van der Waals surface area contributed by atoms with Crippen LogP contribution >= 0.6 is 0 Å². The van der Waals surface area contributed by atoms with Crippen LogP contribution in [0.15, 0.2) is 69.2 Å². The molecule has 4 heteroatoms. The van der Waals surface area contributed by atoms with Crippen LogP contribution in [0.2, 0.25) is 0 Å². The molecular formula is C23H24N2O2. The largest absolute Gasteiger partial charge is 0.453 e. The van der Waals surface area contributed by atoms with Crippen molar-refractivity contribution in [3.8, 4) is 5.75 Å². The number of hydrogen-bond acceptors (Lipinski definition) is 4. The lowest BCUT2D eigenvalue weighted by Gasteiger charge is -2.07. The molecule has 0 aliphatic heterocycles. The summed E-state index contributed by atoms with van der Waals surface area (Å²) in [5, 5.41) is 4.14. The van der Waals surface area contributed by atoms with Gasteiger partial charge in [0.2, 0.25) is 0 Å². The van der Waals surface area contributed by atoms with Crippen LogP contribution < -0.4 is 4.84 Å². The van der Waals surface area contributed by atoms with Gasteiger partial charge in [-0.1, -0.05) is 41.1 Å². The molecule has 0 N–H and O–H groups in total. The molecule has 3 aromatic rings. The standard InChI is InChI=1S/C23H24N2O2/c1-15-13-16(2)23(17(3)14-15)24-18(4)21-11-12-22(26-21)19(5)25-27-20-9-7-6-8-10-20/h6-14H,1-5H3/b24-18?,25-19+.